The van der Waals surface area contributed by atoms with Crippen LogP contribution in [0.1, 0.15) is 12.5 Å². The highest BCUT2D eigenvalue weighted by Crippen LogP contribution is 2.21. The van der Waals surface area contributed by atoms with Gasteiger partial charge >= 0.3 is 5.97 Å². The van der Waals surface area contributed by atoms with Crippen molar-refractivity contribution in [3.05, 3.63) is 34.6 Å². The van der Waals surface area contributed by atoms with Gasteiger partial charge < -0.3 is 5.11 Å². The lowest BCUT2D eigenvalue weighted by molar-refractivity contribution is -0.138. The molecule has 0 saturated carbocycles. The van der Waals surface area contributed by atoms with Crippen molar-refractivity contribution in [3.63, 3.8) is 0 Å². The molecule has 0 bridgehead atoms. The number of carboxylic acid groups (broad SMARTS) is 1. The Morgan fingerprint density at radius 3 is 2.67 bits per heavy atom. The summed E-state index contributed by atoms with van der Waals surface area (Å²) in [7, 11) is -3.98. The first kappa shape index (κ1) is 14.9. The maximum absolute atomic E-state index is 13.4. The number of nitrogens with one attached hydrogen (secondary N) is 1. The molecule has 0 aliphatic carbocycles. The molecule has 0 amide bonds. The van der Waals surface area contributed by atoms with E-state index in [0.29, 0.717) is 0 Å². The van der Waals surface area contributed by atoms with Crippen molar-refractivity contribution in [3.8, 4) is 0 Å². The van der Waals surface area contributed by atoms with E-state index >= 15 is 0 Å². The third-order valence-corrected chi connectivity index (χ3v) is 3.86. The maximum Gasteiger partial charge on any atom is 0.321 e. The van der Waals surface area contributed by atoms with E-state index in [0.717, 1.165) is 6.07 Å². The van der Waals surface area contributed by atoms with Gasteiger partial charge in [-0.3, -0.25) is 4.79 Å². The minimum Gasteiger partial charge on any atom is -0.480 e. The summed E-state index contributed by atoms with van der Waals surface area (Å²) in [6.07, 6.45) is 0. The van der Waals surface area contributed by atoms with Crippen LogP contribution in [0.4, 0.5) is 4.39 Å². The topological polar surface area (TPSA) is 83.5 Å². The van der Waals surface area contributed by atoms with Crippen LogP contribution in [0.2, 0.25) is 5.02 Å². The third-order valence-electron chi connectivity index (χ3n) is 2.12. The summed E-state index contributed by atoms with van der Waals surface area (Å²) < 4.78 is 38.5. The zero-order valence-corrected chi connectivity index (χ0v) is 10.9. The smallest absolute Gasteiger partial charge is 0.321 e. The van der Waals surface area contributed by atoms with E-state index in [1.807, 2.05) is 4.72 Å². The predicted octanol–water partition coefficient (Wildman–Crippen LogP) is 1.37. The minimum absolute atomic E-state index is 0.0247. The number of halogens is 2. The monoisotopic (exact) mass is 295 g/mol. The fraction of sp³-hybridized carbons (Fsp3) is 0.300. The Kier molecular flexibility index (Phi) is 4.66. The molecule has 0 aliphatic heterocycles. The van der Waals surface area contributed by atoms with Crippen molar-refractivity contribution < 1.29 is 22.7 Å². The molecule has 2 N–H and O–H groups in total. The van der Waals surface area contributed by atoms with Gasteiger partial charge in [0.05, 0.1) is 5.75 Å². The van der Waals surface area contributed by atoms with Crippen LogP contribution in [0.3, 0.4) is 0 Å². The number of benzene rings is 1. The van der Waals surface area contributed by atoms with Crippen LogP contribution in [-0.4, -0.2) is 25.5 Å². The van der Waals surface area contributed by atoms with E-state index in [4.69, 9.17) is 16.7 Å². The molecule has 100 valence electrons. The summed E-state index contributed by atoms with van der Waals surface area (Å²) in [5.41, 5.74) is -0.191. The van der Waals surface area contributed by atoms with Gasteiger partial charge in [0.2, 0.25) is 10.0 Å². The molecule has 1 unspecified atom stereocenters. The van der Waals surface area contributed by atoms with Crippen LogP contribution in [0.15, 0.2) is 18.2 Å². The van der Waals surface area contributed by atoms with E-state index in [2.05, 4.69) is 0 Å². The summed E-state index contributed by atoms with van der Waals surface area (Å²) in [5, 5.41) is 8.57. The second kappa shape index (κ2) is 5.64. The van der Waals surface area contributed by atoms with Crippen molar-refractivity contribution in [2.45, 2.75) is 18.7 Å². The van der Waals surface area contributed by atoms with Crippen molar-refractivity contribution in [1.82, 2.24) is 4.72 Å². The van der Waals surface area contributed by atoms with Crippen LogP contribution in [0.25, 0.3) is 0 Å². The predicted molar refractivity (Wildman–Crippen MR) is 64.3 cm³/mol. The molecule has 0 spiro atoms. The van der Waals surface area contributed by atoms with Gasteiger partial charge in [-0.1, -0.05) is 17.7 Å². The first-order chi connectivity index (χ1) is 8.23. The molecular formula is C10H11ClFNO4S. The lowest BCUT2D eigenvalue weighted by Crippen LogP contribution is -2.39. The second-order valence-corrected chi connectivity index (χ2v) is 5.80. The van der Waals surface area contributed by atoms with Gasteiger partial charge in [0, 0.05) is 10.6 Å². The Morgan fingerprint density at radius 1 is 1.56 bits per heavy atom. The van der Waals surface area contributed by atoms with Crippen molar-refractivity contribution >= 4 is 27.6 Å². The molecule has 0 heterocycles. The van der Waals surface area contributed by atoms with E-state index in [1.54, 1.807) is 0 Å². The Balaban J connectivity index is 2.93. The largest absolute Gasteiger partial charge is 0.480 e. The molecule has 0 aromatic heterocycles. The molecule has 0 aliphatic rings. The molecule has 18 heavy (non-hydrogen) atoms. The first-order valence-electron chi connectivity index (χ1n) is 4.88. The summed E-state index contributed by atoms with van der Waals surface area (Å²) in [6.45, 7) is 1.17. The summed E-state index contributed by atoms with van der Waals surface area (Å²) in [6, 6.07) is 2.50. The van der Waals surface area contributed by atoms with Crippen LogP contribution in [-0.2, 0) is 20.6 Å². The maximum atomic E-state index is 13.4. The molecular weight excluding hydrogens is 285 g/mol. The zero-order valence-electron chi connectivity index (χ0n) is 9.35. The van der Waals surface area contributed by atoms with Gasteiger partial charge in [-0.2, -0.15) is 0 Å². The number of carbonyl (C=O) groups is 1. The number of rotatable bonds is 5. The molecule has 0 saturated heterocycles. The lowest BCUT2D eigenvalue weighted by Gasteiger charge is -2.11. The summed E-state index contributed by atoms with van der Waals surface area (Å²) in [5.74, 6) is -2.79. The van der Waals surface area contributed by atoms with E-state index in [9.17, 15) is 17.6 Å². The van der Waals surface area contributed by atoms with Gasteiger partial charge in [-0.25, -0.2) is 17.5 Å². The standard InChI is InChI=1S/C10H11ClFNO4S/c1-6(10(14)15)13-18(16,17)5-7-8(11)3-2-4-9(7)12/h2-4,6,13H,5H2,1H3,(H,14,15). The highest BCUT2D eigenvalue weighted by Gasteiger charge is 2.22. The quantitative estimate of drug-likeness (QED) is 0.859. The van der Waals surface area contributed by atoms with Gasteiger partial charge in [-0.05, 0) is 19.1 Å². The van der Waals surface area contributed by atoms with Crippen LogP contribution in [0.5, 0.6) is 0 Å². The average Bonchev–Trinajstić information content (AvgIpc) is 2.23. The number of carboxylic acids is 1. The fourth-order valence-electron chi connectivity index (χ4n) is 1.22. The van der Waals surface area contributed by atoms with Gasteiger partial charge in [0.25, 0.3) is 0 Å². The molecule has 0 fully saturated rings. The number of aliphatic carboxylic acids is 1. The fourth-order valence-corrected chi connectivity index (χ4v) is 2.93. The highest BCUT2D eigenvalue weighted by atomic mass is 35.5. The van der Waals surface area contributed by atoms with E-state index < -0.39 is 33.6 Å². The normalized spacial score (nSPS) is 13.3. The van der Waals surface area contributed by atoms with Crippen molar-refractivity contribution in [2.75, 3.05) is 0 Å². The summed E-state index contributed by atoms with van der Waals surface area (Å²) >= 11 is 5.69. The van der Waals surface area contributed by atoms with Crippen LogP contribution >= 0.6 is 11.6 Å². The van der Waals surface area contributed by atoms with Crippen molar-refractivity contribution in [2.24, 2.45) is 0 Å². The van der Waals surface area contributed by atoms with E-state index in [1.165, 1.54) is 19.1 Å². The van der Waals surface area contributed by atoms with Crippen LogP contribution in [0, 0.1) is 5.82 Å². The molecule has 1 rings (SSSR count). The number of hydrogen-bond donors (Lipinski definition) is 2. The summed E-state index contributed by atoms with van der Waals surface area (Å²) in [4.78, 5) is 10.5. The first-order valence-corrected chi connectivity index (χ1v) is 6.91. The van der Waals surface area contributed by atoms with Gasteiger partial charge in [0.15, 0.2) is 0 Å². The van der Waals surface area contributed by atoms with Gasteiger partial charge in [0.1, 0.15) is 11.9 Å². The Hall–Kier alpha value is -1.18. The van der Waals surface area contributed by atoms with Crippen molar-refractivity contribution in [1.29, 1.82) is 0 Å². The Bertz CT molecular complexity index is 541. The molecule has 5 nitrogen and oxygen atoms in total. The molecule has 1 aromatic carbocycles. The third kappa shape index (κ3) is 3.94. The van der Waals surface area contributed by atoms with Gasteiger partial charge in [-0.15, -0.1) is 0 Å². The Morgan fingerprint density at radius 2 is 2.17 bits per heavy atom. The Labute approximate surface area is 109 Å². The average molecular weight is 296 g/mol. The minimum atomic E-state index is -3.98. The number of sulfonamides is 1. The molecule has 1 atom stereocenters. The van der Waals surface area contributed by atoms with Crippen LogP contribution < -0.4 is 4.72 Å². The number of hydrogen-bond acceptors (Lipinski definition) is 3. The van der Waals surface area contributed by atoms with E-state index in [-0.39, 0.29) is 10.6 Å². The molecule has 8 heteroatoms. The lowest BCUT2D eigenvalue weighted by atomic mass is 10.2. The highest BCUT2D eigenvalue weighted by molar-refractivity contribution is 7.88. The zero-order chi connectivity index (χ0) is 13.9. The molecule has 0 radical (unpaired) electrons. The second-order valence-electron chi connectivity index (χ2n) is 3.64. The molecule has 1 aromatic rings. The SMILES string of the molecule is CC(NS(=O)(=O)Cc1c(F)cccc1Cl)C(=O)O.